The molecule has 1 aromatic carbocycles. The van der Waals surface area contributed by atoms with Crippen molar-refractivity contribution in [3.63, 3.8) is 0 Å². The van der Waals surface area contributed by atoms with Crippen LogP contribution in [0, 0.1) is 10.1 Å². The summed E-state index contributed by atoms with van der Waals surface area (Å²) in [5, 5.41) is 15.6. The van der Waals surface area contributed by atoms with Gasteiger partial charge in [0.2, 0.25) is 20.0 Å². The van der Waals surface area contributed by atoms with E-state index in [-0.39, 0.29) is 18.7 Å². The topological polar surface area (TPSA) is 175 Å². The maximum absolute atomic E-state index is 12.0. The largest absolute Gasteiger partial charge is 0.399 e. The lowest BCUT2D eigenvalue weighted by atomic mass is 10.3. The number of benzene rings is 1. The Morgan fingerprint density at radius 3 is 2.38 bits per heavy atom. The average Bonchev–Trinajstić information content (AvgIpc) is 2.33. The molecule has 0 bridgehead atoms. The highest BCUT2D eigenvalue weighted by Crippen LogP contribution is 2.25. The van der Waals surface area contributed by atoms with Crippen molar-refractivity contribution < 1.29 is 21.8 Å². The number of nitrogens with one attached hydrogen (secondary N) is 1. The summed E-state index contributed by atoms with van der Waals surface area (Å²) in [4.78, 5) is 9.43. The number of primary sulfonamides is 1. The Labute approximate surface area is 121 Å². The lowest BCUT2D eigenvalue weighted by Crippen LogP contribution is -2.28. The van der Waals surface area contributed by atoms with E-state index < -0.39 is 41.3 Å². The quantitative estimate of drug-likeness (QED) is 0.250. The number of hydrogen-bond acceptors (Lipinski definition) is 7. The van der Waals surface area contributed by atoms with Crippen molar-refractivity contribution in [2.45, 2.75) is 11.3 Å². The zero-order valence-electron chi connectivity index (χ0n) is 10.7. The Morgan fingerprint density at radius 1 is 1.24 bits per heavy atom. The number of nitrogens with zero attached hydrogens (tertiary/aromatic N) is 1. The summed E-state index contributed by atoms with van der Waals surface area (Å²) in [7, 11) is -7.85. The smallest absolute Gasteiger partial charge is 0.291 e. The van der Waals surface area contributed by atoms with E-state index in [1.165, 1.54) is 6.07 Å². The molecule has 0 heterocycles. The monoisotopic (exact) mass is 338 g/mol. The molecule has 0 unspecified atom stereocenters. The van der Waals surface area contributed by atoms with Crippen LogP contribution in [0.2, 0.25) is 0 Å². The van der Waals surface area contributed by atoms with Gasteiger partial charge in [-0.2, -0.15) is 0 Å². The normalized spacial score (nSPS) is 12.2. The van der Waals surface area contributed by atoms with E-state index in [2.05, 4.69) is 4.72 Å². The molecule has 12 heteroatoms. The standard InChI is InChI=1S/C9H14N4O6S2/c10-7-2-3-9(8(6-7)13(14)15)21(18,19)12-4-1-5-20(11,16)17/h2-3,6,12H,1,4-5,10H2,(H2,11,16,17). The van der Waals surface area contributed by atoms with Gasteiger partial charge in [-0.15, -0.1) is 0 Å². The Balaban J connectivity index is 2.91. The van der Waals surface area contributed by atoms with Crippen molar-refractivity contribution in [3.8, 4) is 0 Å². The molecular weight excluding hydrogens is 324 g/mol. The Bertz CT molecular complexity index is 744. The first-order chi connectivity index (χ1) is 9.53. The van der Waals surface area contributed by atoms with E-state index >= 15 is 0 Å². The molecule has 0 aliphatic carbocycles. The number of rotatable bonds is 7. The average molecular weight is 338 g/mol. The summed E-state index contributed by atoms with van der Waals surface area (Å²) < 4.78 is 47.4. The van der Waals surface area contributed by atoms with Gasteiger partial charge in [-0.3, -0.25) is 10.1 Å². The zero-order chi connectivity index (χ0) is 16.3. The highest BCUT2D eigenvalue weighted by atomic mass is 32.2. The van der Waals surface area contributed by atoms with Gasteiger partial charge >= 0.3 is 0 Å². The predicted molar refractivity (Wildman–Crippen MR) is 75.3 cm³/mol. The van der Waals surface area contributed by atoms with E-state index in [1.54, 1.807) is 0 Å². The molecule has 10 nitrogen and oxygen atoms in total. The third-order valence-electron chi connectivity index (χ3n) is 2.37. The van der Waals surface area contributed by atoms with E-state index in [0.29, 0.717) is 0 Å². The molecule has 0 saturated carbocycles. The summed E-state index contributed by atoms with van der Waals surface area (Å²) >= 11 is 0. The second-order valence-electron chi connectivity index (χ2n) is 4.10. The van der Waals surface area contributed by atoms with E-state index in [1.807, 2.05) is 0 Å². The number of hydrogen-bond donors (Lipinski definition) is 3. The van der Waals surface area contributed by atoms with Crippen LogP contribution in [0.25, 0.3) is 0 Å². The van der Waals surface area contributed by atoms with Crippen molar-refractivity contribution in [1.82, 2.24) is 4.72 Å². The molecule has 21 heavy (non-hydrogen) atoms. The van der Waals surface area contributed by atoms with Crippen LogP contribution < -0.4 is 15.6 Å². The molecule has 0 spiro atoms. The molecule has 0 saturated heterocycles. The first-order valence-electron chi connectivity index (χ1n) is 5.57. The van der Waals surface area contributed by atoms with Crippen LogP contribution in [-0.2, 0) is 20.0 Å². The highest BCUT2D eigenvalue weighted by molar-refractivity contribution is 7.89. The van der Waals surface area contributed by atoms with Gasteiger partial charge in [0.05, 0.1) is 10.7 Å². The second kappa shape index (κ2) is 6.34. The van der Waals surface area contributed by atoms with Crippen LogP contribution in [0.15, 0.2) is 23.1 Å². The van der Waals surface area contributed by atoms with Crippen LogP contribution in [-0.4, -0.2) is 34.1 Å². The van der Waals surface area contributed by atoms with Crippen molar-refractivity contribution in [2.24, 2.45) is 5.14 Å². The predicted octanol–water partition coefficient (Wildman–Crippen LogP) is -0.866. The third-order valence-corrected chi connectivity index (χ3v) is 4.73. The number of nitrogens with two attached hydrogens (primary N) is 2. The Hall–Kier alpha value is -1.76. The van der Waals surface area contributed by atoms with Gasteiger partial charge < -0.3 is 5.73 Å². The van der Waals surface area contributed by atoms with Crippen molar-refractivity contribution in [3.05, 3.63) is 28.3 Å². The van der Waals surface area contributed by atoms with Crippen LogP contribution in [0.5, 0.6) is 0 Å². The van der Waals surface area contributed by atoms with Crippen molar-refractivity contribution >= 4 is 31.4 Å². The summed E-state index contributed by atoms with van der Waals surface area (Å²) in [6.07, 6.45) is -0.0547. The number of anilines is 1. The molecular formula is C9H14N4O6S2. The number of nitro groups is 1. The van der Waals surface area contributed by atoms with Gasteiger partial charge in [0.15, 0.2) is 4.90 Å². The summed E-state index contributed by atoms with van der Waals surface area (Å²) in [5.41, 5.74) is 4.77. The molecule has 0 aromatic heterocycles. The van der Waals surface area contributed by atoms with Gasteiger partial charge in [0.1, 0.15) is 0 Å². The minimum Gasteiger partial charge on any atom is -0.399 e. The maximum atomic E-state index is 12.0. The van der Waals surface area contributed by atoms with Crippen LogP contribution in [0.3, 0.4) is 0 Å². The van der Waals surface area contributed by atoms with Crippen LogP contribution in [0.4, 0.5) is 11.4 Å². The summed E-state index contributed by atoms with van der Waals surface area (Å²) in [6, 6.07) is 3.15. The summed E-state index contributed by atoms with van der Waals surface area (Å²) in [6.45, 7) is -0.222. The number of sulfonamides is 2. The van der Waals surface area contributed by atoms with Gasteiger partial charge in [0, 0.05) is 18.3 Å². The molecule has 0 atom stereocenters. The fraction of sp³-hybridized carbons (Fsp3) is 0.333. The Morgan fingerprint density at radius 2 is 1.86 bits per heavy atom. The van der Waals surface area contributed by atoms with Gasteiger partial charge in [0.25, 0.3) is 5.69 Å². The molecule has 5 N–H and O–H groups in total. The minimum absolute atomic E-state index is 0.0508. The van der Waals surface area contributed by atoms with Gasteiger partial charge in [-0.05, 0) is 18.6 Å². The first kappa shape index (κ1) is 17.3. The van der Waals surface area contributed by atoms with Crippen molar-refractivity contribution in [2.75, 3.05) is 18.0 Å². The molecule has 0 radical (unpaired) electrons. The number of nitro benzene ring substituents is 1. The molecule has 1 aromatic rings. The summed E-state index contributed by atoms with van der Waals surface area (Å²) in [5.74, 6) is -0.403. The second-order valence-corrected chi connectivity index (χ2v) is 7.57. The maximum Gasteiger partial charge on any atom is 0.291 e. The zero-order valence-corrected chi connectivity index (χ0v) is 12.4. The Kier molecular flexibility index (Phi) is 5.22. The third kappa shape index (κ3) is 5.26. The lowest BCUT2D eigenvalue weighted by Gasteiger charge is -2.07. The van der Waals surface area contributed by atoms with Crippen molar-refractivity contribution in [1.29, 1.82) is 0 Å². The molecule has 1 rings (SSSR count). The van der Waals surface area contributed by atoms with Gasteiger partial charge in [-0.1, -0.05) is 0 Å². The van der Waals surface area contributed by atoms with Crippen LogP contribution in [0.1, 0.15) is 6.42 Å². The first-order valence-corrected chi connectivity index (χ1v) is 8.77. The van der Waals surface area contributed by atoms with Gasteiger partial charge in [-0.25, -0.2) is 26.7 Å². The highest BCUT2D eigenvalue weighted by Gasteiger charge is 2.25. The molecule has 0 amide bonds. The van der Waals surface area contributed by atoms with E-state index in [9.17, 15) is 26.9 Å². The van der Waals surface area contributed by atoms with E-state index in [4.69, 9.17) is 10.9 Å². The SMILES string of the molecule is Nc1ccc(S(=O)(=O)NCCCS(N)(=O)=O)c([N+](=O)[O-])c1. The molecule has 0 aliphatic rings. The fourth-order valence-electron chi connectivity index (χ4n) is 1.46. The van der Waals surface area contributed by atoms with Crippen LogP contribution >= 0.6 is 0 Å². The fourth-order valence-corrected chi connectivity index (χ4v) is 3.23. The number of nitrogen functional groups attached to an aromatic ring is 1. The van der Waals surface area contributed by atoms with E-state index in [0.717, 1.165) is 12.1 Å². The minimum atomic E-state index is -4.15. The molecule has 0 aliphatic heterocycles. The molecule has 0 fully saturated rings. The molecule has 118 valence electrons. The lowest BCUT2D eigenvalue weighted by molar-refractivity contribution is -0.387.